The van der Waals surface area contributed by atoms with E-state index >= 15 is 0 Å². The molecule has 2 amide bonds. The van der Waals surface area contributed by atoms with E-state index in [1.165, 1.54) is 0 Å². The summed E-state index contributed by atoms with van der Waals surface area (Å²) in [7, 11) is 5.62. The Morgan fingerprint density at radius 2 is 2.05 bits per heavy atom. The van der Waals surface area contributed by atoms with Gasteiger partial charge in [0.2, 0.25) is 5.91 Å². The predicted octanol–water partition coefficient (Wildman–Crippen LogP) is -0.864. The summed E-state index contributed by atoms with van der Waals surface area (Å²) in [6.45, 7) is 3.14. The molecule has 0 aromatic carbocycles. The Balaban J connectivity index is 2.32. The predicted molar refractivity (Wildman–Crippen MR) is 71.8 cm³/mol. The fourth-order valence-corrected chi connectivity index (χ4v) is 1.40. The third-order valence-corrected chi connectivity index (χ3v) is 2.64. The molecule has 0 unspecified atom stereocenters. The largest absolute Gasteiger partial charge is 0.353 e. The SMILES string of the molecule is Cc1cc(C(=O)NCC(=O)NCCN(C)C)nn1C. The van der Waals surface area contributed by atoms with Gasteiger partial charge in [-0.3, -0.25) is 14.3 Å². The molecular formula is C12H21N5O2. The van der Waals surface area contributed by atoms with Crippen molar-refractivity contribution in [3.8, 4) is 0 Å². The van der Waals surface area contributed by atoms with Crippen molar-refractivity contribution >= 4 is 11.8 Å². The van der Waals surface area contributed by atoms with Gasteiger partial charge in [0, 0.05) is 25.8 Å². The average molecular weight is 267 g/mol. The summed E-state index contributed by atoms with van der Waals surface area (Å²) >= 11 is 0. The molecule has 0 aliphatic rings. The van der Waals surface area contributed by atoms with Gasteiger partial charge in [-0.2, -0.15) is 5.10 Å². The van der Waals surface area contributed by atoms with E-state index in [2.05, 4.69) is 15.7 Å². The Hall–Kier alpha value is -1.89. The maximum atomic E-state index is 11.7. The van der Waals surface area contributed by atoms with Crippen molar-refractivity contribution < 1.29 is 9.59 Å². The molecule has 1 aromatic rings. The second-order valence-electron chi connectivity index (χ2n) is 4.63. The number of carbonyl (C=O) groups is 2. The molecule has 0 radical (unpaired) electrons. The Labute approximate surface area is 113 Å². The molecular weight excluding hydrogens is 246 g/mol. The van der Waals surface area contributed by atoms with Gasteiger partial charge >= 0.3 is 0 Å². The van der Waals surface area contributed by atoms with Gasteiger partial charge < -0.3 is 15.5 Å². The first-order chi connectivity index (χ1) is 8.90. The van der Waals surface area contributed by atoms with Crippen LogP contribution in [0.5, 0.6) is 0 Å². The van der Waals surface area contributed by atoms with Crippen LogP contribution in [-0.4, -0.2) is 60.2 Å². The number of amides is 2. The van der Waals surface area contributed by atoms with E-state index in [4.69, 9.17) is 0 Å². The zero-order valence-electron chi connectivity index (χ0n) is 11.9. The lowest BCUT2D eigenvalue weighted by Crippen LogP contribution is -2.39. The molecule has 19 heavy (non-hydrogen) atoms. The second-order valence-corrected chi connectivity index (χ2v) is 4.63. The van der Waals surface area contributed by atoms with Gasteiger partial charge in [-0.15, -0.1) is 0 Å². The zero-order valence-corrected chi connectivity index (χ0v) is 11.9. The van der Waals surface area contributed by atoms with Crippen molar-refractivity contribution in [2.45, 2.75) is 6.92 Å². The molecule has 0 atom stereocenters. The summed E-state index contributed by atoms with van der Waals surface area (Å²) in [5.74, 6) is -0.547. The van der Waals surface area contributed by atoms with Gasteiger partial charge in [-0.1, -0.05) is 0 Å². The van der Waals surface area contributed by atoms with E-state index in [9.17, 15) is 9.59 Å². The van der Waals surface area contributed by atoms with E-state index in [0.717, 1.165) is 12.2 Å². The molecule has 0 saturated heterocycles. The van der Waals surface area contributed by atoms with Gasteiger partial charge in [-0.05, 0) is 27.1 Å². The highest BCUT2D eigenvalue weighted by Gasteiger charge is 2.11. The molecule has 1 rings (SSSR count). The van der Waals surface area contributed by atoms with Crippen molar-refractivity contribution in [2.24, 2.45) is 7.05 Å². The van der Waals surface area contributed by atoms with Gasteiger partial charge in [0.15, 0.2) is 0 Å². The highest BCUT2D eigenvalue weighted by molar-refractivity contribution is 5.94. The molecule has 0 spiro atoms. The van der Waals surface area contributed by atoms with E-state index < -0.39 is 0 Å². The van der Waals surface area contributed by atoms with Crippen LogP contribution in [0.1, 0.15) is 16.2 Å². The van der Waals surface area contributed by atoms with Crippen LogP contribution in [-0.2, 0) is 11.8 Å². The molecule has 0 fully saturated rings. The molecule has 1 heterocycles. The third-order valence-electron chi connectivity index (χ3n) is 2.64. The fraction of sp³-hybridized carbons (Fsp3) is 0.583. The summed E-state index contributed by atoms with van der Waals surface area (Å²) in [6, 6.07) is 1.68. The number of hydrogen-bond donors (Lipinski definition) is 2. The Kier molecular flexibility index (Phi) is 5.50. The van der Waals surface area contributed by atoms with E-state index in [1.54, 1.807) is 17.8 Å². The van der Waals surface area contributed by atoms with Gasteiger partial charge in [-0.25, -0.2) is 0 Å². The normalized spacial score (nSPS) is 10.6. The highest BCUT2D eigenvalue weighted by Crippen LogP contribution is 2.00. The molecule has 0 aliphatic heterocycles. The lowest BCUT2D eigenvalue weighted by Gasteiger charge is -2.10. The first-order valence-electron chi connectivity index (χ1n) is 6.10. The van der Waals surface area contributed by atoms with Crippen LogP contribution >= 0.6 is 0 Å². The first-order valence-corrected chi connectivity index (χ1v) is 6.10. The third kappa shape index (κ3) is 5.09. The van der Waals surface area contributed by atoms with Gasteiger partial charge in [0.25, 0.3) is 5.91 Å². The van der Waals surface area contributed by atoms with Crippen LogP contribution in [0.25, 0.3) is 0 Å². The smallest absolute Gasteiger partial charge is 0.272 e. The molecule has 2 N–H and O–H groups in total. The Bertz CT molecular complexity index is 433. The minimum absolute atomic E-state index is 0.0398. The van der Waals surface area contributed by atoms with Crippen molar-refractivity contribution in [2.75, 3.05) is 33.7 Å². The van der Waals surface area contributed by atoms with Gasteiger partial charge in [0.05, 0.1) is 6.54 Å². The molecule has 1 aromatic heterocycles. The van der Waals surface area contributed by atoms with Crippen LogP contribution in [0.15, 0.2) is 6.07 Å². The molecule has 0 saturated carbocycles. The lowest BCUT2D eigenvalue weighted by atomic mass is 10.3. The maximum absolute atomic E-state index is 11.7. The fourth-order valence-electron chi connectivity index (χ4n) is 1.40. The quantitative estimate of drug-likeness (QED) is 0.703. The zero-order chi connectivity index (χ0) is 14.4. The first kappa shape index (κ1) is 15.2. The summed E-state index contributed by atoms with van der Waals surface area (Å²) in [6.07, 6.45) is 0. The van der Waals surface area contributed by atoms with Crippen molar-refractivity contribution in [1.82, 2.24) is 25.3 Å². The van der Waals surface area contributed by atoms with Crippen LogP contribution in [0.3, 0.4) is 0 Å². The summed E-state index contributed by atoms with van der Waals surface area (Å²) in [5, 5.41) is 9.29. The summed E-state index contributed by atoms with van der Waals surface area (Å²) in [4.78, 5) is 25.2. The van der Waals surface area contributed by atoms with E-state index in [-0.39, 0.29) is 18.4 Å². The topological polar surface area (TPSA) is 79.3 Å². The molecule has 106 valence electrons. The summed E-state index contributed by atoms with van der Waals surface area (Å²) < 4.78 is 1.62. The number of likely N-dealkylation sites (N-methyl/N-ethyl adjacent to an activating group) is 1. The van der Waals surface area contributed by atoms with Crippen molar-refractivity contribution in [1.29, 1.82) is 0 Å². The standard InChI is InChI=1S/C12H21N5O2/c1-9-7-10(15-17(9)4)12(19)14-8-11(18)13-5-6-16(2)3/h7H,5-6,8H2,1-4H3,(H,13,18)(H,14,19). The van der Waals surface area contributed by atoms with Gasteiger partial charge in [0.1, 0.15) is 5.69 Å². The number of hydrogen-bond acceptors (Lipinski definition) is 4. The van der Waals surface area contributed by atoms with E-state index in [1.807, 2.05) is 25.9 Å². The molecule has 7 heteroatoms. The minimum atomic E-state index is -0.341. The van der Waals surface area contributed by atoms with Crippen LogP contribution in [0.4, 0.5) is 0 Å². The number of carbonyl (C=O) groups excluding carboxylic acids is 2. The Morgan fingerprint density at radius 3 is 2.58 bits per heavy atom. The number of aryl methyl sites for hydroxylation is 2. The molecule has 7 nitrogen and oxygen atoms in total. The van der Waals surface area contributed by atoms with Crippen LogP contribution in [0.2, 0.25) is 0 Å². The number of nitrogens with one attached hydrogen (secondary N) is 2. The van der Waals surface area contributed by atoms with Crippen molar-refractivity contribution in [3.05, 3.63) is 17.5 Å². The number of nitrogens with zero attached hydrogens (tertiary/aromatic N) is 3. The van der Waals surface area contributed by atoms with Crippen molar-refractivity contribution in [3.63, 3.8) is 0 Å². The maximum Gasteiger partial charge on any atom is 0.272 e. The Morgan fingerprint density at radius 1 is 1.37 bits per heavy atom. The minimum Gasteiger partial charge on any atom is -0.353 e. The second kappa shape index (κ2) is 6.89. The monoisotopic (exact) mass is 267 g/mol. The molecule has 0 bridgehead atoms. The lowest BCUT2D eigenvalue weighted by molar-refractivity contribution is -0.120. The van der Waals surface area contributed by atoms with Crippen LogP contribution < -0.4 is 10.6 Å². The number of aromatic nitrogens is 2. The molecule has 0 aliphatic carbocycles. The van der Waals surface area contributed by atoms with E-state index in [0.29, 0.717) is 12.2 Å². The highest BCUT2D eigenvalue weighted by atomic mass is 16.2. The van der Waals surface area contributed by atoms with Crippen LogP contribution in [0, 0.1) is 6.92 Å². The average Bonchev–Trinajstić information content (AvgIpc) is 2.66. The number of rotatable bonds is 6. The summed E-state index contributed by atoms with van der Waals surface area (Å²) in [5.41, 5.74) is 1.21.